The summed E-state index contributed by atoms with van der Waals surface area (Å²) in [4.78, 5) is 10.2. The summed E-state index contributed by atoms with van der Waals surface area (Å²) in [6.45, 7) is 4.85. The summed E-state index contributed by atoms with van der Waals surface area (Å²) in [6, 6.07) is 14.9. The number of nitrogens with zero attached hydrogens (tertiary/aromatic N) is 5. The lowest BCUT2D eigenvalue weighted by Crippen LogP contribution is -2.47. The van der Waals surface area contributed by atoms with Crippen LogP contribution in [0.15, 0.2) is 54.6 Å². The van der Waals surface area contributed by atoms with Crippen molar-refractivity contribution in [3.05, 3.63) is 76.4 Å². The average molecular weight is 488 g/mol. The van der Waals surface area contributed by atoms with Crippen LogP contribution in [0, 0.1) is 0 Å². The number of para-hydroxylation sites is 1. The minimum Gasteiger partial charge on any atom is -0.492 e. The first-order valence-electron chi connectivity index (χ1n) is 11.1. The maximum Gasteiger partial charge on any atom is 0.416 e. The molecule has 1 saturated heterocycles. The maximum atomic E-state index is 13.2. The van der Waals surface area contributed by atoms with Crippen LogP contribution in [0.5, 0.6) is 5.88 Å². The van der Waals surface area contributed by atoms with E-state index < -0.39 is 17.8 Å². The highest BCUT2D eigenvalue weighted by Gasteiger charge is 2.34. The number of aromatic nitrogens is 3. The Labute approximate surface area is 198 Å². The molecule has 0 radical (unpaired) electrons. The van der Waals surface area contributed by atoms with Gasteiger partial charge in [-0.3, -0.25) is 4.90 Å². The molecule has 178 valence electrons. The van der Waals surface area contributed by atoms with E-state index in [0.29, 0.717) is 40.7 Å². The zero-order chi connectivity index (χ0) is 23.9. The molecule has 0 aliphatic carbocycles. The van der Waals surface area contributed by atoms with Crippen molar-refractivity contribution in [1.29, 1.82) is 0 Å². The molecule has 34 heavy (non-hydrogen) atoms. The zero-order valence-electron chi connectivity index (χ0n) is 18.5. The van der Waals surface area contributed by atoms with Gasteiger partial charge in [0.1, 0.15) is 0 Å². The Morgan fingerprint density at radius 3 is 2.26 bits per heavy atom. The normalized spacial score (nSPS) is 16.3. The number of aromatic hydroxyl groups is 1. The third-order valence-electron chi connectivity index (χ3n) is 6.16. The third kappa shape index (κ3) is 4.23. The van der Waals surface area contributed by atoms with Gasteiger partial charge in [0.25, 0.3) is 0 Å². The number of anilines is 1. The Kier molecular flexibility index (Phi) is 5.95. The number of thiazole rings is 1. The quantitative estimate of drug-likeness (QED) is 0.430. The number of hydrogen-bond donors (Lipinski definition) is 1. The highest BCUT2D eigenvalue weighted by atomic mass is 32.1. The molecule has 0 saturated carbocycles. The van der Waals surface area contributed by atoms with Crippen LogP contribution in [-0.4, -0.2) is 50.8 Å². The van der Waals surface area contributed by atoms with Crippen molar-refractivity contribution in [3.8, 4) is 5.88 Å². The van der Waals surface area contributed by atoms with Gasteiger partial charge in [-0.25, -0.2) is 4.98 Å². The second-order valence-electron chi connectivity index (χ2n) is 8.25. The molecular weight excluding hydrogens is 463 g/mol. The van der Waals surface area contributed by atoms with E-state index in [-0.39, 0.29) is 5.88 Å². The van der Waals surface area contributed by atoms with E-state index in [4.69, 9.17) is 0 Å². The van der Waals surface area contributed by atoms with E-state index in [0.717, 1.165) is 30.9 Å². The third-order valence-corrected chi connectivity index (χ3v) is 7.24. The van der Waals surface area contributed by atoms with Crippen molar-refractivity contribution in [2.45, 2.75) is 25.6 Å². The molecule has 0 spiro atoms. The van der Waals surface area contributed by atoms with Gasteiger partial charge in [-0.2, -0.15) is 17.7 Å². The number of fused-ring (bicyclic) bond motifs is 1. The van der Waals surface area contributed by atoms with E-state index >= 15 is 0 Å². The lowest BCUT2D eigenvalue weighted by Gasteiger charge is -2.40. The fourth-order valence-corrected chi connectivity index (χ4v) is 5.51. The summed E-state index contributed by atoms with van der Waals surface area (Å²) >= 11 is 1.33. The fourth-order valence-electron chi connectivity index (χ4n) is 4.38. The first kappa shape index (κ1) is 22.7. The smallest absolute Gasteiger partial charge is 0.416 e. The molecule has 1 aliphatic heterocycles. The predicted octanol–water partition coefficient (Wildman–Crippen LogP) is 4.99. The fraction of sp³-hybridized carbons (Fsp3) is 0.333. The summed E-state index contributed by atoms with van der Waals surface area (Å²) in [5.74, 6) is 0.623. The summed E-state index contributed by atoms with van der Waals surface area (Å²) in [6.07, 6.45) is -3.76. The number of hydrogen-bond acceptors (Lipinski definition) is 6. The van der Waals surface area contributed by atoms with Crippen LogP contribution in [0.1, 0.15) is 34.8 Å². The monoisotopic (exact) mass is 487 g/mol. The van der Waals surface area contributed by atoms with Crippen LogP contribution < -0.4 is 4.90 Å². The molecule has 2 aromatic carbocycles. The van der Waals surface area contributed by atoms with E-state index in [2.05, 4.69) is 32.0 Å². The van der Waals surface area contributed by atoms with E-state index in [1.54, 1.807) is 0 Å². The van der Waals surface area contributed by atoms with Crippen LogP contribution in [0.4, 0.5) is 18.9 Å². The van der Waals surface area contributed by atoms with Crippen molar-refractivity contribution in [2.75, 3.05) is 31.1 Å². The predicted molar refractivity (Wildman–Crippen MR) is 125 cm³/mol. The van der Waals surface area contributed by atoms with Crippen molar-refractivity contribution >= 4 is 22.0 Å². The molecule has 4 aromatic rings. The summed E-state index contributed by atoms with van der Waals surface area (Å²) < 4.78 is 40.9. The van der Waals surface area contributed by atoms with Crippen molar-refractivity contribution in [3.63, 3.8) is 0 Å². The molecule has 10 heteroatoms. The number of alkyl halides is 3. The number of aryl methyl sites for hydroxylation is 1. The lowest BCUT2D eigenvalue weighted by atomic mass is 10.0. The van der Waals surface area contributed by atoms with Crippen LogP contribution in [0.2, 0.25) is 0 Å². The highest BCUT2D eigenvalue weighted by molar-refractivity contribution is 7.17. The largest absolute Gasteiger partial charge is 0.492 e. The van der Waals surface area contributed by atoms with Crippen LogP contribution in [-0.2, 0) is 12.6 Å². The molecule has 0 bridgehead atoms. The Hall–Kier alpha value is -3.11. The van der Waals surface area contributed by atoms with Gasteiger partial charge in [-0.1, -0.05) is 48.6 Å². The minimum absolute atomic E-state index is 0.0115. The molecule has 3 heterocycles. The molecule has 2 aromatic heterocycles. The van der Waals surface area contributed by atoms with E-state index in [1.807, 2.05) is 25.1 Å². The SMILES string of the molecule is CCc1nc2sc([C@H](c3ccc(C(F)(F)F)cc3)N3CCN(c4ccccc4)CC3)c(O)n2n1. The molecule has 0 unspecified atom stereocenters. The molecular formula is C24H24F3N5OS. The molecule has 0 amide bonds. The van der Waals surface area contributed by atoms with Crippen molar-refractivity contribution in [1.82, 2.24) is 19.5 Å². The van der Waals surface area contributed by atoms with Gasteiger partial charge < -0.3 is 10.0 Å². The number of halogens is 3. The molecule has 1 atom stereocenters. The first-order chi connectivity index (χ1) is 16.3. The molecule has 6 nitrogen and oxygen atoms in total. The van der Waals surface area contributed by atoms with Gasteiger partial charge in [0.05, 0.1) is 16.5 Å². The lowest BCUT2D eigenvalue weighted by molar-refractivity contribution is -0.137. The zero-order valence-corrected chi connectivity index (χ0v) is 19.4. The van der Waals surface area contributed by atoms with Crippen LogP contribution >= 0.6 is 11.3 Å². The molecule has 1 N–H and O–H groups in total. The topological polar surface area (TPSA) is 56.9 Å². The van der Waals surface area contributed by atoms with Gasteiger partial charge in [-0.05, 0) is 29.8 Å². The van der Waals surface area contributed by atoms with Crippen LogP contribution in [0.25, 0.3) is 4.96 Å². The second-order valence-corrected chi connectivity index (χ2v) is 9.26. The number of piperazine rings is 1. The highest BCUT2D eigenvalue weighted by Crippen LogP contribution is 2.41. The van der Waals surface area contributed by atoms with E-state index in [1.165, 1.54) is 28.0 Å². The van der Waals surface area contributed by atoms with E-state index in [9.17, 15) is 18.3 Å². The standard InChI is InChI=1S/C24H24F3N5OS/c1-2-19-28-23-32(29-19)22(33)21(34-23)20(16-8-10-17(11-9-16)24(25,26)27)31-14-12-30(13-15-31)18-6-4-3-5-7-18/h3-11,20,33H,2,12-15H2,1H3/t20-/m0/s1. The molecule has 5 rings (SSSR count). The average Bonchev–Trinajstić information content (AvgIpc) is 3.39. The summed E-state index contributed by atoms with van der Waals surface area (Å²) in [7, 11) is 0. The Morgan fingerprint density at radius 1 is 1.00 bits per heavy atom. The second kappa shape index (κ2) is 8.92. The maximum absolute atomic E-state index is 13.2. The van der Waals surface area contributed by atoms with Gasteiger partial charge in [0, 0.05) is 38.3 Å². The number of rotatable bonds is 5. The summed E-state index contributed by atoms with van der Waals surface area (Å²) in [5, 5.41) is 15.4. The minimum atomic E-state index is -4.40. The van der Waals surface area contributed by atoms with Gasteiger partial charge in [0.15, 0.2) is 5.82 Å². The Morgan fingerprint density at radius 2 is 1.68 bits per heavy atom. The van der Waals surface area contributed by atoms with Crippen molar-refractivity contribution in [2.24, 2.45) is 0 Å². The summed E-state index contributed by atoms with van der Waals surface area (Å²) in [5.41, 5.74) is 1.14. The Balaban J connectivity index is 1.49. The van der Waals surface area contributed by atoms with Crippen LogP contribution in [0.3, 0.4) is 0 Å². The first-order valence-corrected chi connectivity index (χ1v) is 12.0. The molecule has 1 aliphatic rings. The Bertz CT molecular complexity index is 1260. The molecule has 1 fully saturated rings. The number of benzene rings is 2. The van der Waals surface area contributed by atoms with Gasteiger partial charge in [0.2, 0.25) is 10.8 Å². The van der Waals surface area contributed by atoms with Gasteiger partial charge >= 0.3 is 6.18 Å². The van der Waals surface area contributed by atoms with Crippen molar-refractivity contribution < 1.29 is 18.3 Å². The van der Waals surface area contributed by atoms with Gasteiger partial charge in [-0.15, -0.1) is 5.10 Å².